The number of anilines is 1. The highest BCUT2D eigenvalue weighted by molar-refractivity contribution is 5.93. The number of halogens is 1. The van der Waals surface area contributed by atoms with Gasteiger partial charge in [-0.3, -0.25) is 14.5 Å². The molecule has 8 heteroatoms. The molecule has 1 atom stereocenters. The zero-order chi connectivity index (χ0) is 24.7. The lowest BCUT2D eigenvalue weighted by molar-refractivity contribution is -0.145. The second-order valence-corrected chi connectivity index (χ2v) is 8.12. The SMILES string of the molecule is CCOC(=O)C[C@H]1c2cc(OCC)c(OCC)cc2CCN1CC(=O)Nc1ccc(F)cc1C. The highest BCUT2D eigenvalue weighted by Gasteiger charge is 2.32. The Bertz CT molecular complexity index is 1030. The van der Waals surface area contributed by atoms with Crippen LogP contribution >= 0.6 is 0 Å². The van der Waals surface area contributed by atoms with Gasteiger partial charge in [0.15, 0.2) is 11.5 Å². The van der Waals surface area contributed by atoms with E-state index in [2.05, 4.69) is 5.32 Å². The molecular weight excluding hydrogens is 439 g/mol. The van der Waals surface area contributed by atoms with E-state index in [0.29, 0.717) is 48.9 Å². The molecule has 0 aromatic heterocycles. The van der Waals surface area contributed by atoms with E-state index in [1.165, 1.54) is 12.1 Å². The van der Waals surface area contributed by atoms with Crippen LogP contribution in [0.15, 0.2) is 30.3 Å². The number of nitrogens with zero attached hydrogens (tertiary/aromatic N) is 1. The molecule has 0 saturated carbocycles. The van der Waals surface area contributed by atoms with E-state index in [1.807, 2.05) is 30.9 Å². The maximum absolute atomic E-state index is 13.4. The number of benzene rings is 2. The van der Waals surface area contributed by atoms with Crippen LogP contribution in [0.4, 0.5) is 10.1 Å². The van der Waals surface area contributed by atoms with Crippen LogP contribution in [0.1, 0.15) is 49.9 Å². The van der Waals surface area contributed by atoms with E-state index in [-0.39, 0.29) is 43.3 Å². The van der Waals surface area contributed by atoms with E-state index in [1.54, 1.807) is 19.9 Å². The maximum atomic E-state index is 13.4. The highest BCUT2D eigenvalue weighted by atomic mass is 19.1. The first-order valence-corrected chi connectivity index (χ1v) is 11.7. The molecule has 0 aliphatic carbocycles. The van der Waals surface area contributed by atoms with Gasteiger partial charge in [-0.1, -0.05) is 0 Å². The fraction of sp³-hybridized carbons (Fsp3) is 0.462. The molecule has 34 heavy (non-hydrogen) atoms. The first-order chi connectivity index (χ1) is 16.4. The van der Waals surface area contributed by atoms with Crippen molar-refractivity contribution in [3.05, 3.63) is 52.8 Å². The van der Waals surface area contributed by atoms with E-state index in [4.69, 9.17) is 14.2 Å². The molecular formula is C26H33FN2O5. The molecule has 0 radical (unpaired) electrons. The Morgan fingerprint density at radius 1 is 1.06 bits per heavy atom. The summed E-state index contributed by atoms with van der Waals surface area (Å²) in [5.41, 5.74) is 3.19. The summed E-state index contributed by atoms with van der Waals surface area (Å²) in [6, 6.07) is 7.78. The number of esters is 1. The largest absolute Gasteiger partial charge is 0.490 e. The van der Waals surface area contributed by atoms with Crippen molar-refractivity contribution in [3.8, 4) is 11.5 Å². The van der Waals surface area contributed by atoms with Crippen molar-refractivity contribution < 1.29 is 28.2 Å². The van der Waals surface area contributed by atoms with Crippen LogP contribution < -0.4 is 14.8 Å². The van der Waals surface area contributed by atoms with Gasteiger partial charge < -0.3 is 19.5 Å². The first-order valence-electron chi connectivity index (χ1n) is 11.7. The number of fused-ring (bicyclic) bond motifs is 1. The number of hydrogen-bond donors (Lipinski definition) is 1. The molecule has 1 amide bonds. The Balaban J connectivity index is 1.87. The molecule has 1 N–H and O–H groups in total. The standard InChI is InChI=1S/C26H33FN2O5/c1-5-32-23-13-18-10-11-29(16-25(30)28-21-9-8-19(27)12-17(21)4)22(15-26(31)34-7-3)20(18)14-24(23)33-6-2/h8-9,12-14,22H,5-7,10-11,15-16H2,1-4H3,(H,28,30)/t22-/m0/s1. The van der Waals surface area contributed by atoms with Gasteiger partial charge in [0.1, 0.15) is 5.82 Å². The van der Waals surface area contributed by atoms with Gasteiger partial charge in [-0.05, 0) is 81.1 Å². The number of hydrogen-bond acceptors (Lipinski definition) is 6. The maximum Gasteiger partial charge on any atom is 0.307 e. The quantitative estimate of drug-likeness (QED) is 0.516. The molecule has 0 bridgehead atoms. The van der Waals surface area contributed by atoms with E-state index in [9.17, 15) is 14.0 Å². The Morgan fingerprint density at radius 3 is 2.41 bits per heavy atom. The van der Waals surface area contributed by atoms with Gasteiger partial charge in [0.25, 0.3) is 0 Å². The number of carbonyl (C=O) groups excluding carboxylic acids is 2. The average molecular weight is 473 g/mol. The lowest BCUT2D eigenvalue weighted by Gasteiger charge is -2.37. The molecule has 1 heterocycles. The molecule has 0 spiro atoms. The van der Waals surface area contributed by atoms with Gasteiger partial charge in [0.2, 0.25) is 5.91 Å². The number of nitrogens with one attached hydrogen (secondary N) is 1. The lowest BCUT2D eigenvalue weighted by Crippen LogP contribution is -2.41. The summed E-state index contributed by atoms with van der Waals surface area (Å²) >= 11 is 0. The molecule has 0 unspecified atom stereocenters. The second kappa shape index (κ2) is 11.8. The van der Waals surface area contributed by atoms with E-state index < -0.39 is 0 Å². The molecule has 0 saturated heterocycles. The van der Waals surface area contributed by atoms with E-state index in [0.717, 1.165) is 11.1 Å². The van der Waals surface area contributed by atoms with Crippen molar-refractivity contribution in [2.24, 2.45) is 0 Å². The second-order valence-electron chi connectivity index (χ2n) is 8.12. The summed E-state index contributed by atoms with van der Waals surface area (Å²) in [4.78, 5) is 27.3. The summed E-state index contributed by atoms with van der Waals surface area (Å²) in [5.74, 6) is 0.380. The number of ether oxygens (including phenoxy) is 3. The summed E-state index contributed by atoms with van der Waals surface area (Å²) < 4.78 is 30.2. The van der Waals surface area contributed by atoms with Crippen molar-refractivity contribution in [2.45, 2.75) is 46.6 Å². The smallest absolute Gasteiger partial charge is 0.307 e. The zero-order valence-electron chi connectivity index (χ0n) is 20.3. The first kappa shape index (κ1) is 25.5. The predicted molar refractivity (Wildman–Crippen MR) is 128 cm³/mol. The minimum absolute atomic E-state index is 0.0809. The van der Waals surface area contributed by atoms with Gasteiger partial charge in [0, 0.05) is 18.3 Å². The number of rotatable bonds is 10. The van der Waals surface area contributed by atoms with E-state index >= 15 is 0 Å². The van der Waals surface area contributed by atoms with Crippen LogP contribution in [0, 0.1) is 12.7 Å². The fourth-order valence-electron chi connectivity index (χ4n) is 4.25. The Labute approximate surface area is 200 Å². The van der Waals surface area contributed by atoms with Crippen molar-refractivity contribution >= 4 is 17.6 Å². The Kier molecular flexibility index (Phi) is 8.87. The zero-order valence-corrected chi connectivity index (χ0v) is 20.3. The minimum atomic E-state index is -0.353. The van der Waals surface area contributed by atoms with Crippen LogP contribution in [-0.2, 0) is 20.7 Å². The molecule has 7 nitrogen and oxygen atoms in total. The summed E-state index contributed by atoms with van der Waals surface area (Å²) in [5, 5.41) is 2.86. The fourth-order valence-corrected chi connectivity index (χ4v) is 4.25. The van der Waals surface area contributed by atoms with Gasteiger partial charge in [-0.15, -0.1) is 0 Å². The van der Waals surface area contributed by atoms with Crippen LogP contribution in [-0.4, -0.2) is 49.7 Å². The highest BCUT2D eigenvalue weighted by Crippen LogP contribution is 2.40. The van der Waals surface area contributed by atoms with Gasteiger partial charge in [-0.2, -0.15) is 0 Å². The molecule has 2 aromatic carbocycles. The third kappa shape index (κ3) is 6.26. The molecule has 184 valence electrons. The average Bonchev–Trinajstić information content (AvgIpc) is 2.78. The molecule has 1 aliphatic rings. The van der Waals surface area contributed by atoms with Crippen molar-refractivity contribution in [1.82, 2.24) is 4.90 Å². The van der Waals surface area contributed by atoms with Crippen LogP contribution in [0.2, 0.25) is 0 Å². The normalized spacial score (nSPS) is 15.4. The van der Waals surface area contributed by atoms with Crippen molar-refractivity contribution in [2.75, 3.05) is 38.2 Å². The van der Waals surface area contributed by atoms with Crippen LogP contribution in [0.3, 0.4) is 0 Å². The number of aryl methyl sites for hydroxylation is 1. The van der Waals surface area contributed by atoms with Crippen molar-refractivity contribution in [1.29, 1.82) is 0 Å². The third-order valence-corrected chi connectivity index (χ3v) is 5.75. The monoisotopic (exact) mass is 472 g/mol. The minimum Gasteiger partial charge on any atom is -0.490 e. The van der Waals surface area contributed by atoms with Crippen LogP contribution in [0.25, 0.3) is 0 Å². The van der Waals surface area contributed by atoms with Gasteiger partial charge in [-0.25, -0.2) is 4.39 Å². The lowest BCUT2D eigenvalue weighted by atomic mass is 9.90. The number of carbonyl (C=O) groups is 2. The van der Waals surface area contributed by atoms with Crippen LogP contribution in [0.5, 0.6) is 11.5 Å². The summed E-state index contributed by atoms with van der Waals surface area (Å²) in [6.45, 7) is 9.28. The third-order valence-electron chi connectivity index (χ3n) is 5.75. The topological polar surface area (TPSA) is 77.1 Å². The summed E-state index contributed by atoms with van der Waals surface area (Å²) in [6.07, 6.45) is 0.813. The molecule has 0 fully saturated rings. The molecule has 1 aliphatic heterocycles. The Hall–Kier alpha value is -3.13. The van der Waals surface area contributed by atoms with Gasteiger partial charge >= 0.3 is 5.97 Å². The molecule has 3 rings (SSSR count). The number of amides is 1. The van der Waals surface area contributed by atoms with Crippen molar-refractivity contribution in [3.63, 3.8) is 0 Å². The Morgan fingerprint density at radius 2 is 1.76 bits per heavy atom. The predicted octanol–water partition coefficient (Wildman–Crippen LogP) is 4.42. The summed E-state index contributed by atoms with van der Waals surface area (Å²) in [7, 11) is 0. The van der Waals surface area contributed by atoms with Gasteiger partial charge in [0.05, 0.1) is 32.8 Å². The molecule has 2 aromatic rings.